The van der Waals surface area contributed by atoms with Crippen LogP contribution >= 0.6 is 0 Å². The van der Waals surface area contributed by atoms with Crippen LogP contribution in [0.25, 0.3) is 10.9 Å². The number of nitrogens with zero attached hydrogens (tertiary/aromatic N) is 1. The number of nitrogens with one attached hydrogen (secondary N) is 1. The van der Waals surface area contributed by atoms with Crippen molar-refractivity contribution in [3.63, 3.8) is 0 Å². The van der Waals surface area contributed by atoms with E-state index in [1.54, 1.807) is 0 Å². The van der Waals surface area contributed by atoms with E-state index in [4.69, 9.17) is 4.74 Å². The van der Waals surface area contributed by atoms with Crippen molar-refractivity contribution >= 4 is 10.9 Å². The molecular weight excluding hydrogens is 248 g/mol. The molecule has 1 heterocycles. The van der Waals surface area contributed by atoms with Gasteiger partial charge < -0.3 is 10.1 Å². The van der Waals surface area contributed by atoms with Crippen molar-refractivity contribution in [2.45, 2.75) is 38.8 Å². The SMILES string of the molecule is CCC1(C)C(NC)CC1Oc1cnc2ccccc2c1. The quantitative estimate of drug-likeness (QED) is 0.924. The van der Waals surface area contributed by atoms with Gasteiger partial charge >= 0.3 is 0 Å². The van der Waals surface area contributed by atoms with Crippen LogP contribution in [0.5, 0.6) is 5.75 Å². The van der Waals surface area contributed by atoms with Crippen LogP contribution in [0.15, 0.2) is 36.5 Å². The number of rotatable bonds is 4. The van der Waals surface area contributed by atoms with E-state index in [9.17, 15) is 0 Å². The zero-order valence-corrected chi connectivity index (χ0v) is 12.4. The second-order valence-corrected chi connectivity index (χ2v) is 5.91. The lowest BCUT2D eigenvalue weighted by Crippen LogP contribution is -2.62. The number of hydrogen-bond acceptors (Lipinski definition) is 3. The number of hydrogen-bond donors (Lipinski definition) is 1. The minimum Gasteiger partial charge on any atom is -0.488 e. The summed E-state index contributed by atoms with van der Waals surface area (Å²) in [7, 11) is 2.03. The van der Waals surface area contributed by atoms with Gasteiger partial charge in [0.2, 0.25) is 0 Å². The summed E-state index contributed by atoms with van der Waals surface area (Å²) in [6.45, 7) is 4.54. The molecule has 2 aromatic rings. The molecule has 1 saturated carbocycles. The van der Waals surface area contributed by atoms with Crippen LogP contribution < -0.4 is 10.1 Å². The Morgan fingerprint density at radius 1 is 1.40 bits per heavy atom. The molecule has 20 heavy (non-hydrogen) atoms. The highest BCUT2D eigenvalue weighted by atomic mass is 16.5. The fourth-order valence-electron chi connectivity index (χ4n) is 3.20. The van der Waals surface area contributed by atoms with Crippen LogP contribution in [0, 0.1) is 5.41 Å². The van der Waals surface area contributed by atoms with Gasteiger partial charge in [0.1, 0.15) is 11.9 Å². The van der Waals surface area contributed by atoms with E-state index >= 15 is 0 Å². The van der Waals surface area contributed by atoms with E-state index in [2.05, 4.69) is 36.3 Å². The van der Waals surface area contributed by atoms with Crippen LogP contribution in [0.3, 0.4) is 0 Å². The zero-order valence-electron chi connectivity index (χ0n) is 12.4. The Labute approximate surface area is 120 Å². The van der Waals surface area contributed by atoms with Crippen LogP contribution in [-0.2, 0) is 0 Å². The Bertz CT molecular complexity index is 613. The largest absolute Gasteiger partial charge is 0.488 e. The third kappa shape index (κ3) is 2.06. The van der Waals surface area contributed by atoms with Gasteiger partial charge in [-0.15, -0.1) is 0 Å². The van der Waals surface area contributed by atoms with Gasteiger partial charge in [-0.25, -0.2) is 0 Å². The summed E-state index contributed by atoms with van der Waals surface area (Å²) in [4.78, 5) is 4.46. The van der Waals surface area contributed by atoms with E-state index in [0.29, 0.717) is 6.04 Å². The molecule has 3 atom stereocenters. The highest BCUT2D eigenvalue weighted by Crippen LogP contribution is 2.45. The van der Waals surface area contributed by atoms with Gasteiger partial charge in [-0.3, -0.25) is 4.98 Å². The molecule has 0 radical (unpaired) electrons. The average molecular weight is 270 g/mol. The van der Waals surface area contributed by atoms with E-state index in [0.717, 1.165) is 29.5 Å². The van der Waals surface area contributed by atoms with Crippen molar-refractivity contribution < 1.29 is 4.74 Å². The Hall–Kier alpha value is -1.61. The molecule has 0 saturated heterocycles. The van der Waals surface area contributed by atoms with E-state index < -0.39 is 0 Å². The predicted octanol–water partition coefficient (Wildman–Crippen LogP) is 3.39. The minimum atomic E-state index is 0.209. The molecule has 3 rings (SSSR count). The fourth-order valence-corrected chi connectivity index (χ4v) is 3.20. The summed E-state index contributed by atoms with van der Waals surface area (Å²) in [5.74, 6) is 0.878. The monoisotopic (exact) mass is 270 g/mol. The summed E-state index contributed by atoms with van der Waals surface area (Å²) in [5, 5.41) is 4.52. The van der Waals surface area contributed by atoms with Crippen molar-refractivity contribution in [1.29, 1.82) is 0 Å². The molecule has 0 bridgehead atoms. The molecule has 0 spiro atoms. The number of pyridine rings is 1. The molecule has 1 aromatic carbocycles. The molecule has 1 N–H and O–H groups in total. The maximum Gasteiger partial charge on any atom is 0.138 e. The smallest absolute Gasteiger partial charge is 0.138 e. The summed E-state index contributed by atoms with van der Waals surface area (Å²) < 4.78 is 6.19. The molecule has 3 unspecified atom stereocenters. The maximum atomic E-state index is 6.19. The van der Waals surface area contributed by atoms with Gasteiger partial charge in [0, 0.05) is 23.3 Å². The molecule has 3 heteroatoms. The number of benzene rings is 1. The summed E-state index contributed by atoms with van der Waals surface area (Å²) >= 11 is 0. The third-order valence-electron chi connectivity index (χ3n) is 4.94. The van der Waals surface area contributed by atoms with Crippen molar-refractivity contribution in [1.82, 2.24) is 10.3 Å². The molecule has 3 nitrogen and oxygen atoms in total. The first-order valence-electron chi connectivity index (χ1n) is 7.36. The molecule has 0 aliphatic heterocycles. The maximum absolute atomic E-state index is 6.19. The Morgan fingerprint density at radius 2 is 2.20 bits per heavy atom. The summed E-state index contributed by atoms with van der Waals surface area (Å²) in [6.07, 6.45) is 4.29. The molecule has 1 aliphatic rings. The molecule has 106 valence electrons. The van der Waals surface area contributed by atoms with Crippen LogP contribution in [0.1, 0.15) is 26.7 Å². The third-order valence-corrected chi connectivity index (χ3v) is 4.94. The van der Waals surface area contributed by atoms with Crippen molar-refractivity contribution in [3.05, 3.63) is 36.5 Å². The normalized spacial score (nSPS) is 29.1. The number of para-hydroxylation sites is 1. The zero-order chi connectivity index (χ0) is 14.2. The van der Waals surface area contributed by atoms with E-state index in [1.807, 2.05) is 31.4 Å². The van der Waals surface area contributed by atoms with E-state index in [1.165, 1.54) is 0 Å². The van der Waals surface area contributed by atoms with Gasteiger partial charge in [-0.2, -0.15) is 0 Å². The number of ether oxygens (including phenoxy) is 1. The fraction of sp³-hybridized carbons (Fsp3) is 0.471. The van der Waals surface area contributed by atoms with Crippen LogP contribution in [-0.4, -0.2) is 24.2 Å². The lowest BCUT2D eigenvalue weighted by atomic mass is 9.61. The lowest BCUT2D eigenvalue weighted by molar-refractivity contribution is -0.0678. The molecule has 1 aliphatic carbocycles. The molecular formula is C17H22N2O. The summed E-state index contributed by atoms with van der Waals surface area (Å²) in [6, 6.07) is 10.8. The second-order valence-electron chi connectivity index (χ2n) is 5.91. The van der Waals surface area contributed by atoms with Gasteiger partial charge in [0.15, 0.2) is 0 Å². The first kappa shape index (κ1) is 13.4. The predicted molar refractivity (Wildman–Crippen MR) is 82.0 cm³/mol. The van der Waals surface area contributed by atoms with Gasteiger partial charge in [-0.1, -0.05) is 32.0 Å². The molecule has 1 fully saturated rings. The highest BCUT2D eigenvalue weighted by Gasteiger charge is 2.51. The van der Waals surface area contributed by atoms with Gasteiger partial charge in [-0.05, 0) is 25.6 Å². The second kappa shape index (κ2) is 5.06. The summed E-state index contributed by atoms with van der Waals surface area (Å²) in [5.41, 5.74) is 1.22. The van der Waals surface area contributed by atoms with Gasteiger partial charge in [0.05, 0.1) is 11.7 Å². The number of aromatic nitrogens is 1. The first-order valence-corrected chi connectivity index (χ1v) is 7.36. The van der Waals surface area contributed by atoms with Crippen molar-refractivity contribution in [3.8, 4) is 5.75 Å². The van der Waals surface area contributed by atoms with Gasteiger partial charge in [0.25, 0.3) is 0 Å². The average Bonchev–Trinajstić information content (AvgIpc) is 2.50. The van der Waals surface area contributed by atoms with Crippen molar-refractivity contribution in [2.75, 3.05) is 7.05 Å². The van der Waals surface area contributed by atoms with Crippen LogP contribution in [0.2, 0.25) is 0 Å². The van der Waals surface area contributed by atoms with Crippen LogP contribution in [0.4, 0.5) is 0 Å². The highest BCUT2D eigenvalue weighted by molar-refractivity contribution is 5.79. The topological polar surface area (TPSA) is 34.1 Å². The minimum absolute atomic E-state index is 0.209. The molecule has 0 amide bonds. The Morgan fingerprint density at radius 3 is 2.95 bits per heavy atom. The Kier molecular flexibility index (Phi) is 3.38. The standard InChI is InChI=1S/C17H22N2O/c1-4-17(2)15(18-3)10-16(17)20-13-9-12-7-5-6-8-14(12)19-11-13/h5-9,11,15-16,18H,4,10H2,1-3H3. The first-order chi connectivity index (χ1) is 9.67. The van der Waals surface area contributed by atoms with E-state index in [-0.39, 0.29) is 11.5 Å². The van der Waals surface area contributed by atoms with Crippen molar-refractivity contribution in [2.24, 2.45) is 5.41 Å². The Balaban J connectivity index is 1.80. The molecule has 1 aromatic heterocycles. The number of fused-ring (bicyclic) bond motifs is 1. The lowest BCUT2D eigenvalue weighted by Gasteiger charge is -2.53.